The molecule has 130 valence electrons. The van der Waals surface area contributed by atoms with E-state index in [-0.39, 0.29) is 17.5 Å². The Balaban J connectivity index is 2.05. The molecule has 2 aromatic rings. The van der Waals surface area contributed by atoms with Gasteiger partial charge in [-0.2, -0.15) is 0 Å². The van der Waals surface area contributed by atoms with Crippen LogP contribution in [0.5, 0.6) is 5.75 Å². The third kappa shape index (κ3) is 5.66. The van der Waals surface area contributed by atoms with Crippen LogP contribution in [0, 0.1) is 5.92 Å². The number of aliphatic hydroxyl groups excluding tert-OH is 1. The largest absolute Gasteiger partial charge is 0.509 e. The van der Waals surface area contributed by atoms with Crippen LogP contribution in [0.1, 0.15) is 29.8 Å². The molecular weight excluding hydrogens is 359 g/mol. The quantitative estimate of drug-likeness (QED) is 0.364. The standard InChI is InChI=1S/C20H18Cl2O3/c1-13(2)20(24)12-25-17-8-4-15(5-9-17)19(23)10-6-14-3-7-16(21)11-18(14)22/h3-13,24H,1-2H3/b10-6+,20-12-. The molecule has 0 fully saturated rings. The summed E-state index contributed by atoms with van der Waals surface area (Å²) >= 11 is 11.9. The van der Waals surface area contributed by atoms with E-state index >= 15 is 0 Å². The average Bonchev–Trinajstić information content (AvgIpc) is 2.59. The summed E-state index contributed by atoms with van der Waals surface area (Å²) in [6.07, 6.45) is 4.40. The minimum Gasteiger partial charge on any atom is -0.509 e. The van der Waals surface area contributed by atoms with E-state index in [1.54, 1.807) is 48.5 Å². The highest BCUT2D eigenvalue weighted by Crippen LogP contribution is 2.22. The van der Waals surface area contributed by atoms with Crippen LogP contribution in [-0.2, 0) is 0 Å². The van der Waals surface area contributed by atoms with Gasteiger partial charge in [0.25, 0.3) is 0 Å². The van der Waals surface area contributed by atoms with Gasteiger partial charge in [0.15, 0.2) is 5.78 Å². The molecule has 0 bridgehead atoms. The van der Waals surface area contributed by atoms with Gasteiger partial charge in [0.2, 0.25) is 0 Å². The molecule has 2 aromatic carbocycles. The van der Waals surface area contributed by atoms with Gasteiger partial charge in [0, 0.05) is 21.5 Å². The highest BCUT2D eigenvalue weighted by Gasteiger charge is 2.04. The second-order valence-corrected chi connectivity index (χ2v) is 6.55. The van der Waals surface area contributed by atoms with Crippen LogP contribution in [0.4, 0.5) is 0 Å². The number of ketones is 1. The second-order valence-electron chi connectivity index (χ2n) is 5.70. The van der Waals surface area contributed by atoms with Crippen molar-refractivity contribution in [2.75, 3.05) is 0 Å². The number of carbonyl (C=O) groups excluding carboxylic acids is 1. The van der Waals surface area contributed by atoms with Gasteiger partial charge in [-0.15, -0.1) is 0 Å². The molecule has 0 aliphatic carbocycles. The molecule has 0 unspecified atom stereocenters. The van der Waals surface area contributed by atoms with Crippen LogP contribution in [0.3, 0.4) is 0 Å². The molecule has 5 heteroatoms. The van der Waals surface area contributed by atoms with Crippen molar-refractivity contribution < 1.29 is 14.6 Å². The Morgan fingerprint density at radius 3 is 2.40 bits per heavy atom. The van der Waals surface area contributed by atoms with Gasteiger partial charge in [0.1, 0.15) is 17.8 Å². The molecule has 0 saturated carbocycles. The Hall–Kier alpha value is -2.23. The van der Waals surface area contributed by atoms with Gasteiger partial charge in [-0.25, -0.2) is 0 Å². The first-order valence-corrected chi connectivity index (χ1v) is 8.45. The molecule has 0 heterocycles. The van der Waals surface area contributed by atoms with Crippen LogP contribution in [0.15, 0.2) is 60.6 Å². The molecule has 0 amide bonds. The first kappa shape index (κ1) is 19.1. The van der Waals surface area contributed by atoms with Gasteiger partial charge < -0.3 is 9.84 Å². The Morgan fingerprint density at radius 2 is 1.80 bits per heavy atom. The van der Waals surface area contributed by atoms with E-state index in [2.05, 4.69) is 0 Å². The molecule has 0 radical (unpaired) electrons. The first-order valence-electron chi connectivity index (χ1n) is 7.70. The summed E-state index contributed by atoms with van der Waals surface area (Å²) in [5.41, 5.74) is 1.24. The maximum Gasteiger partial charge on any atom is 0.185 e. The third-order valence-corrected chi connectivity index (χ3v) is 3.99. The maximum absolute atomic E-state index is 12.2. The molecular formula is C20H18Cl2O3. The van der Waals surface area contributed by atoms with E-state index in [0.29, 0.717) is 26.9 Å². The minimum atomic E-state index is -0.155. The molecule has 0 aliphatic heterocycles. The second kappa shape index (κ2) is 8.75. The van der Waals surface area contributed by atoms with Gasteiger partial charge in [-0.1, -0.05) is 43.1 Å². The lowest BCUT2D eigenvalue weighted by molar-refractivity contribution is 0.104. The molecule has 2 rings (SSSR count). The van der Waals surface area contributed by atoms with Crippen molar-refractivity contribution in [1.82, 2.24) is 0 Å². The fourth-order valence-electron chi connectivity index (χ4n) is 1.86. The first-order chi connectivity index (χ1) is 11.9. The van der Waals surface area contributed by atoms with E-state index in [0.717, 1.165) is 0 Å². The van der Waals surface area contributed by atoms with Gasteiger partial charge in [-0.05, 0) is 54.1 Å². The number of rotatable bonds is 6. The summed E-state index contributed by atoms with van der Waals surface area (Å²) in [7, 11) is 0. The predicted molar refractivity (Wildman–Crippen MR) is 102 cm³/mol. The fraction of sp³-hybridized carbons (Fsp3) is 0.150. The smallest absolute Gasteiger partial charge is 0.185 e. The van der Waals surface area contributed by atoms with Crippen molar-refractivity contribution in [2.45, 2.75) is 13.8 Å². The van der Waals surface area contributed by atoms with Crippen molar-refractivity contribution in [2.24, 2.45) is 5.92 Å². The number of ether oxygens (including phenoxy) is 1. The normalized spacial score (nSPS) is 12.0. The fourth-order valence-corrected chi connectivity index (χ4v) is 2.33. The Kier molecular flexibility index (Phi) is 6.68. The number of hydrogen-bond donors (Lipinski definition) is 1. The molecule has 0 atom stereocenters. The lowest BCUT2D eigenvalue weighted by Crippen LogP contribution is -1.96. The van der Waals surface area contributed by atoms with Crippen molar-refractivity contribution in [3.05, 3.63) is 81.7 Å². The summed E-state index contributed by atoms with van der Waals surface area (Å²) in [6.45, 7) is 3.71. The molecule has 1 N–H and O–H groups in total. The van der Waals surface area contributed by atoms with Crippen LogP contribution in [0.2, 0.25) is 10.0 Å². The van der Waals surface area contributed by atoms with E-state index < -0.39 is 0 Å². The summed E-state index contributed by atoms with van der Waals surface area (Å²) in [5, 5.41) is 10.6. The monoisotopic (exact) mass is 376 g/mol. The predicted octanol–water partition coefficient (Wildman–Crippen LogP) is 6.32. The zero-order valence-electron chi connectivity index (χ0n) is 13.9. The van der Waals surface area contributed by atoms with Crippen molar-refractivity contribution in [1.29, 1.82) is 0 Å². The summed E-state index contributed by atoms with van der Waals surface area (Å²) < 4.78 is 5.35. The number of allylic oxidation sites excluding steroid dienone is 2. The highest BCUT2D eigenvalue weighted by molar-refractivity contribution is 6.35. The topological polar surface area (TPSA) is 46.5 Å². The number of hydrogen-bond acceptors (Lipinski definition) is 3. The molecule has 0 aromatic heterocycles. The van der Waals surface area contributed by atoms with Crippen molar-refractivity contribution in [3.63, 3.8) is 0 Å². The van der Waals surface area contributed by atoms with Gasteiger partial charge in [-0.3, -0.25) is 4.79 Å². The van der Waals surface area contributed by atoms with E-state index in [4.69, 9.17) is 27.9 Å². The lowest BCUT2D eigenvalue weighted by Gasteiger charge is -2.05. The molecule has 3 nitrogen and oxygen atoms in total. The van der Waals surface area contributed by atoms with Crippen molar-refractivity contribution in [3.8, 4) is 5.75 Å². The molecule has 25 heavy (non-hydrogen) atoms. The average molecular weight is 377 g/mol. The van der Waals surface area contributed by atoms with Gasteiger partial charge >= 0.3 is 0 Å². The van der Waals surface area contributed by atoms with E-state index in [1.807, 2.05) is 13.8 Å². The van der Waals surface area contributed by atoms with E-state index in [9.17, 15) is 9.90 Å². The highest BCUT2D eigenvalue weighted by atomic mass is 35.5. The molecule has 0 aliphatic rings. The zero-order chi connectivity index (χ0) is 18.4. The SMILES string of the molecule is CC(C)/C(O)=C/Oc1ccc(C(=O)/C=C/c2ccc(Cl)cc2Cl)cc1. The third-order valence-electron chi connectivity index (χ3n) is 3.42. The summed E-state index contributed by atoms with van der Waals surface area (Å²) in [4.78, 5) is 12.2. The number of carbonyl (C=O) groups is 1. The van der Waals surface area contributed by atoms with Crippen LogP contribution < -0.4 is 4.74 Å². The Labute approximate surface area is 157 Å². The Morgan fingerprint density at radius 1 is 1.12 bits per heavy atom. The van der Waals surface area contributed by atoms with Crippen LogP contribution >= 0.6 is 23.2 Å². The van der Waals surface area contributed by atoms with Crippen LogP contribution in [-0.4, -0.2) is 10.9 Å². The van der Waals surface area contributed by atoms with Crippen LogP contribution in [0.25, 0.3) is 6.08 Å². The summed E-state index contributed by atoms with van der Waals surface area (Å²) in [6, 6.07) is 11.7. The Bertz CT molecular complexity index is 806. The van der Waals surface area contributed by atoms with E-state index in [1.165, 1.54) is 12.3 Å². The number of benzene rings is 2. The maximum atomic E-state index is 12.2. The number of aliphatic hydroxyl groups is 1. The molecule has 0 saturated heterocycles. The van der Waals surface area contributed by atoms with Gasteiger partial charge in [0.05, 0.1) is 0 Å². The zero-order valence-corrected chi connectivity index (χ0v) is 15.4. The molecule has 0 spiro atoms. The lowest BCUT2D eigenvalue weighted by atomic mass is 10.1. The van der Waals surface area contributed by atoms with Crippen molar-refractivity contribution >= 4 is 35.1 Å². The summed E-state index contributed by atoms with van der Waals surface area (Å²) in [5.74, 6) is 0.528. The minimum absolute atomic E-state index is 0.00863. The number of halogens is 2.